The summed E-state index contributed by atoms with van der Waals surface area (Å²) in [7, 11) is 0. The molecule has 1 aliphatic carbocycles. The molecule has 0 unspecified atom stereocenters. The molecule has 1 saturated carbocycles. The number of esters is 1. The summed E-state index contributed by atoms with van der Waals surface area (Å²) in [5.74, 6) is 2.04. The summed E-state index contributed by atoms with van der Waals surface area (Å²) < 4.78 is 10.7. The number of piperidine rings is 1. The molecule has 1 saturated heterocycles. The van der Waals surface area contributed by atoms with E-state index in [0.29, 0.717) is 18.1 Å². The van der Waals surface area contributed by atoms with E-state index >= 15 is 0 Å². The van der Waals surface area contributed by atoms with Crippen LogP contribution in [0.25, 0.3) is 11.1 Å². The Morgan fingerprint density at radius 1 is 1.30 bits per heavy atom. The Hall–Kier alpha value is -2.15. The van der Waals surface area contributed by atoms with Crippen LogP contribution in [0.3, 0.4) is 0 Å². The van der Waals surface area contributed by atoms with E-state index in [1.807, 2.05) is 0 Å². The molecule has 1 aliphatic heterocycles. The average Bonchev–Trinajstić information content (AvgIpc) is 2.98. The van der Waals surface area contributed by atoms with Crippen molar-refractivity contribution in [3.05, 3.63) is 27.5 Å². The van der Waals surface area contributed by atoms with Gasteiger partial charge in [0.1, 0.15) is 22.5 Å². The molecule has 0 aromatic carbocycles. The smallest absolute Gasteiger partial charge is 0.342 e. The lowest BCUT2D eigenvalue weighted by molar-refractivity contribution is 0.0526. The highest BCUT2D eigenvalue weighted by Gasteiger charge is 2.31. The van der Waals surface area contributed by atoms with Crippen molar-refractivity contribution in [2.75, 3.05) is 19.7 Å². The lowest BCUT2D eigenvalue weighted by Gasteiger charge is -2.41. The Labute approximate surface area is 158 Å². The third-order valence-corrected chi connectivity index (χ3v) is 6.02. The number of nitrogens with zero attached hydrogens (tertiary/aromatic N) is 2. The van der Waals surface area contributed by atoms with Gasteiger partial charge in [-0.15, -0.1) is 0 Å². The van der Waals surface area contributed by atoms with Crippen LogP contribution in [0.15, 0.2) is 9.21 Å². The standard InChI is InChI=1S/C20H27N3O4/c1-3-26-20(25)16-12(2)27-19-17(16)18(24)21-15(22-19)11-23-9-8-13-6-4-5-7-14(13)10-23/h13-14H,3-11H2,1-2H3,(H,21,22,24)/t13-,14+/m1/s1. The van der Waals surface area contributed by atoms with Gasteiger partial charge in [-0.3, -0.25) is 9.69 Å². The molecule has 7 heteroatoms. The summed E-state index contributed by atoms with van der Waals surface area (Å²) in [5.41, 5.74) is 0.0412. The van der Waals surface area contributed by atoms with Crippen LogP contribution in [0.1, 0.15) is 61.0 Å². The zero-order valence-corrected chi connectivity index (χ0v) is 16.0. The fraction of sp³-hybridized carbons (Fsp3) is 0.650. The quantitative estimate of drug-likeness (QED) is 0.829. The Morgan fingerprint density at radius 2 is 2.07 bits per heavy atom. The number of aromatic nitrogens is 2. The molecule has 3 heterocycles. The lowest BCUT2D eigenvalue weighted by atomic mass is 9.75. The van der Waals surface area contributed by atoms with Gasteiger partial charge in [0.15, 0.2) is 0 Å². The highest BCUT2D eigenvalue weighted by atomic mass is 16.5. The maximum absolute atomic E-state index is 12.6. The molecule has 7 nitrogen and oxygen atoms in total. The fourth-order valence-corrected chi connectivity index (χ4v) is 4.72. The zero-order chi connectivity index (χ0) is 19.0. The van der Waals surface area contributed by atoms with Crippen molar-refractivity contribution < 1.29 is 13.9 Å². The van der Waals surface area contributed by atoms with Crippen molar-refractivity contribution in [2.45, 2.75) is 52.5 Å². The fourth-order valence-electron chi connectivity index (χ4n) is 4.72. The lowest BCUT2D eigenvalue weighted by Crippen LogP contribution is -2.41. The maximum Gasteiger partial charge on any atom is 0.342 e. The minimum absolute atomic E-state index is 0.176. The van der Waals surface area contributed by atoms with Gasteiger partial charge in [0.25, 0.3) is 5.56 Å². The first kappa shape index (κ1) is 18.2. The van der Waals surface area contributed by atoms with Crippen molar-refractivity contribution in [3.8, 4) is 0 Å². The largest absolute Gasteiger partial charge is 0.462 e. The summed E-state index contributed by atoms with van der Waals surface area (Å²) in [6.07, 6.45) is 6.60. The predicted octanol–water partition coefficient (Wildman–Crippen LogP) is 3.01. The van der Waals surface area contributed by atoms with Crippen molar-refractivity contribution in [1.29, 1.82) is 0 Å². The molecule has 0 bridgehead atoms. The Balaban J connectivity index is 1.57. The van der Waals surface area contributed by atoms with E-state index in [0.717, 1.165) is 24.9 Å². The summed E-state index contributed by atoms with van der Waals surface area (Å²) in [4.78, 5) is 34.5. The third kappa shape index (κ3) is 3.52. The molecule has 0 amide bonds. The van der Waals surface area contributed by atoms with Crippen molar-refractivity contribution in [3.63, 3.8) is 0 Å². The van der Waals surface area contributed by atoms with Gasteiger partial charge in [-0.1, -0.05) is 19.3 Å². The number of ether oxygens (including phenoxy) is 1. The second-order valence-electron chi connectivity index (χ2n) is 7.77. The number of carbonyl (C=O) groups is 1. The van der Waals surface area contributed by atoms with Crippen LogP contribution in [-0.2, 0) is 11.3 Å². The molecule has 1 N–H and O–H groups in total. The minimum atomic E-state index is -0.548. The molecule has 2 fully saturated rings. The number of H-pyrrole nitrogens is 1. The van der Waals surface area contributed by atoms with Crippen LogP contribution >= 0.6 is 0 Å². The van der Waals surface area contributed by atoms with Crippen LogP contribution < -0.4 is 5.56 Å². The number of aryl methyl sites for hydroxylation is 1. The molecule has 27 heavy (non-hydrogen) atoms. The third-order valence-electron chi connectivity index (χ3n) is 6.02. The second kappa shape index (κ2) is 7.46. The van der Waals surface area contributed by atoms with Gasteiger partial charge < -0.3 is 14.1 Å². The first-order valence-corrected chi connectivity index (χ1v) is 9.98. The monoisotopic (exact) mass is 373 g/mol. The zero-order valence-electron chi connectivity index (χ0n) is 16.0. The Kier molecular flexibility index (Phi) is 5.04. The second-order valence-corrected chi connectivity index (χ2v) is 7.77. The molecular weight excluding hydrogens is 346 g/mol. The first-order chi connectivity index (χ1) is 13.1. The Bertz CT molecular complexity index is 900. The van der Waals surface area contributed by atoms with E-state index < -0.39 is 5.97 Å². The number of fused-ring (bicyclic) bond motifs is 2. The average molecular weight is 373 g/mol. The molecule has 4 rings (SSSR count). The number of carbonyl (C=O) groups excluding carboxylic acids is 1. The molecule has 0 spiro atoms. The number of aromatic amines is 1. The number of nitrogens with one attached hydrogen (secondary N) is 1. The molecule has 2 aromatic rings. The topological polar surface area (TPSA) is 88.4 Å². The number of hydrogen-bond acceptors (Lipinski definition) is 6. The van der Waals surface area contributed by atoms with Crippen LogP contribution in [0.2, 0.25) is 0 Å². The predicted molar refractivity (Wildman–Crippen MR) is 101 cm³/mol. The minimum Gasteiger partial charge on any atom is -0.462 e. The van der Waals surface area contributed by atoms with Crippen molar-refractivity contribution in [1.82, 2.24) is 14.9 Å². The van der Waals surface area contributed by atoms with Crippen molar-refractivity contribution in [2.24, 2.45) is 11.8 Å². The molecule has 0 radical (unpaired) electrons. The van der Waals surface area contributed by atoms with Gasteiger partial charge in [-0.25, -0.2) is 4.79 Å². The van der Waals surface area contributed by atoms with Crippen LogP contribution in [-0.4, -0.2) is 40.5 Å². The van der Waals surface area contributed by atoms with Gasteiger partial charge in [-0.05, 0) is 45.1 Å². The molecule has 2 aromatic heterocycles. The maximum atomic E-state index is 12.6. The van der Waals surface area contributed by atoms with Gasteiger partial charge in [0.2, 0.25) is 5.71 Å². The molecule has 2 aliphatic rings. The summed E-state index contributed by atoms with van der Waals surface area (Å²) in [5, 5.41) is 0.181. The highest BCUT2D eigenvalue weighted by molar-refractivity contribution is 6.03. The summed E-state index contributed by atoms with van der Waals surface area (Å²) in [6.45, 7) is 6.33. The highest BCUT2D eigenvalue weighted by Crippen LogP contribution is 2.36. The molecular formula is C20H27N3O4. The van der Waals surface area contributed by atoms with E-state index in [1.54, 1.807) is 13.8 Å². The van der Waals surface area contributed by atoms with E-state index in [4.69, 9.17) is 9.15 Å². The van der Waals surface area contributed by atoms with E-state index in [2.05, 4.69) is 14.9 Å². The van der Waals surface area contributed by atoms with E-state index in [1.165, 1.54) is 32.1 Å². The molecule has 2 atom stereocenters. The van der Waals surface area contributed by atoms with Crippen LogP contribution in [0.5, 0.6) is 0 Å². The van der Waals surface area contributed by atoms with Gasteiger partial charge in [-0.2, -0.15) is 4.98 Å². The number of hydrogen-bond donors (Lipinski definition) is 1. The summed E-state index contributed by atoms with van der Waals surface area (Å²) in [6, 6.07) is 0. The first-order valence-electron chi connectivity index (χ1n) is 9.98. The van der Waals surface area contributed by atoms with Crippen molar-refractivity contribution >= 4 is 17.1 Å². The van der Waals surface area contributed by atoms with Gasteiger partial charge in [0.05, 0.1) is 13.2 Å². The van der Waals surface area contributed by atoms with Gasteiger partial charge in [0, 0.05) is 6.54 Å². The van der Waals surface area contributed by atoms with Crippen LogP contribution in [0.4, 0.5) is 0 Å². The summed E-state index contributed by atoms with van der Waals surface area (Å²) >= 11 is 0. The SMILES string of the molecule is CCOC(=O)c1c(C)oc2nc(CN3CC[C@H]4CCCC[C@H]4C3)[nH]c(=O)c12. The Morgan fingerprint density at radius 3 is 2.85 bits per heavy atom. The van der Waals surface area contributed by atoms with E-state index in [9.17, 15) is 9.59 Å². The number of likely N-dealkylation sites (tertiary alicyclic amines) is 1. The van der Waals surface area contributed by atoms with E-state index in [-0.39, 0.29) is 28.8 Å². The van der Waals surface area contributed by atoms with Crippen LogP contribution in [0, 0.1) is 18.8 Å². The normalized spacial score (nSPS) is 23.3. The number of furan rings is 1. The number of rotatable bonds is 4. The molecule has 146 valence electrons. The van der Waals surface area contributed by atoms with Gasteiger partial charge >= 0.3 is 5.97 Å².